The highest BCUT2D eigenvalue weighted by Crippen LogP contribution is 2.23. The monoisotopic (exact) mass is 437 g/mol. The number of fused-ring (bicyclic) bond motifs is 1. The van der Waals surface area contributed by atoms with Gasteiger partial charge in [0.1, 0.15) is 5.82 Å². The van der Waals surface area contributed by atoms with E-state index in [2.05, 4.69) is 39.4 Å². The standard InChI is InChI=1S/C22H23N5O3S/c1-13(2)10-17(20-25-15-6-3-4-7-16(15)26-20)24-19(28)11-14-12-31-22(23-14)27-21(29)18-8-5-9-30-18/h3-9,12-13,17H,10-11H2,1-2H3,(H,24,28)(H,25,26)(H,23,27,29). The van der Waals surface area contributed by atoms with Crippen LogP contribution in [0.4, 0.5) is 5.13 Å². The summed E-state index contributed by atoms with van der Waals surface area (Å²) in [6.07, 6.45) is 2.30. The van der Waals surface area contributed by atoms with E-state index in [1.54, 1.807) is 17.5 Å². The predicted octanol–water partition coefficient (Wildman–Crippen LogP) is 4.31. The zero-order chi connectivity index (χ0) is 21.8. The first kappa shape index (κ1) is 20.8. The number of anilines is 1. The summed E-state index contributed by atoms with van der Waals surface area (Å²) in [5.74, 6) is 0.795. The third-order valence-electron chi connectivity index (χ3n) is 4.64. The fourth-order valence-electron chi connectivity index (χ4n) is 3.27. The minimum atomic E-state index is -0.378. The number of hydrogen-bond acceptors (Lipinski definition) is 6. The molecule has 160 valence electrons. The van der Waals surface area contributed by atoms with Crippen LogP contribution in [0.3, 0.4) is 0 Å². The molecule has 31 heavy (non-hydrogen) atoms. The summed E-state index contributed by atoms with van der Waals surface area (Å²) >= 11 is 1.26. The number of furan rings is 1. The van der Waals surface area contributed by atoms with E-state index in [1.807, 2.05) is 24.3 Å². The summed E-state index contributed by atoms with van der Waals surface area (Å²) in [6.45, 7) is 4.21. The lowest BCUT2D eigenvalue weighted by Crippen LogP contribution is -2.31. The molecule has 0 saturated carbocycles. The fraction of sp³-hybridized carbons (Fsp3) is 0.273. The molecule has 8 nitrogen and oxygen atoms in total. The van der Waals surface area contributed by atoms with Crippen molar-refractivity contribution in [2.45, 2.75) is 32.7 Å². The molecule has 0 radical (unpaired) electrons. The maximum absolute atomic E-state index is 12.7. The second-order valence-electron chi connectivity index (χ2n) is 7.64. The van der Waals surface area contributed by atoms with Gasteiger partial charge in [-0.05, 0) is 36.6 Å². The Balaban J connectivity index is 1.41. The summed E-state index contributed by atoms with van der Waals surface area (Å²) in [5.41, 5.74) is 2.40. The molecule has 4 rings (SSSR count). The molecular weight excluding hydrogens is 414 g/mol. The van der Waals surface area contributed by atoms with Gasteiger partial charge in [0, 0.05) is 5.38 Å². The fourth-order valence-corrected chi connectivity index (χ4v) is 3.98. The van der Waals surface area contributed by atoms with Gasteiger partial charge in [0.25, 0.3) is 5.91 Å². The van der Waals surface area contributed by atoms with Crippen LogP contribution in [0.1, 0.15) is 48.4 Å². The normalized spacial score (nSPS) is 12.2. The Morgan fingerprint density at radius 3 is 2.74 bits per heavy atom. The number of rotatable bonds is 8. The van der Waals surface area contributed by atoms with Crippen molar-refractivity contribution in [1.82, 2.24) is 20.3 Å². The molecule has 0 saturated heterocycles. The molecule has 0 aliphatic heterocycles. The molecule has 3 heterocycles. The van der Waals surface area contributed by atoms with E-state index >= 15 is 0 Å². The van der Waals surface area contributed by atoms with Crippen LogP contribution in [0.5, 0.6) is 0 Å². The first-order valence-electron chi connectivity index (χ1n) is 10.0. The highest BCUT2D eigenvalue weighted by Gasteiger charge is 2.21. The van der Waals surface area contributed by atoms with Crippen molar-refractivity contribution < 1.29 is 14.0 Å². The topological polar surface area (TPSA) is 113 Å². The Labute approximate surface area is 183 Å². The lowest BCUT2D eigenvalue weighted by atomic mass is 10.0. The number of imidazole rings is 1. The maximum Gasteiger partial charge on any atom is 0.293 e. The first-order valence-corrected chi connectivity index (χ1v) is 10.9. The van der Waals surface area contributed by atoms with E-state index in [4.69, 9.17) is 4.42 Å². The number of aromatic nitrogens is 3. The highest BCUT2D eigenvalue weighted by molar-refractivity contribution is 7.14. The number of hydrogen-bond donors (Lipinski definition) is 3. The average Bonchev–Trinajstić information content (AvgIpc) is 3.47. The number of benzene rings is 1. The van der Waals surface area contributed by atoms with Gasteiger partial charge in [-0.25, -0.2) is 9.97 Å². The van der Waals surface area contributed by atoms with E-state index in [-0.39, 0.29) is 30.0 Å². The largest absolute Gasteiger partial charge is 0.459 e. The van der Waals surface area contributed by atoms with Gasteiger partial charge in [-0.15, -0.1) is 11.3 Å². The number of H-pyrrole nitrogens is 1. The van der Waals surface area contributed by atoms with Crippen LogP contribution < -0.4 is 10.6 Å². The van der Waals surface area contributed by atoms with E-state index in [0.717, 1.165) is 23.3 Å². The molecule has 1 atom stereocenters. The molecule has 0 aliphatic carbocycles. The molecule has 2 amide bonds. The van der Waals surface area contributed by atoms with E-state index in [9.17, 15) is 9.59 Å². The summed E-state index contributed by atoms with van der Waals surface area (Å²) in [7, 11) is 0. The van der Waals surface area contributed by atoms with Gasteiger partial charge in [-0.1, -0.05) is 26.0 Å². The lowest BCUT2D eigenvalue weighted by Gasteiger charge is -2.18. The Hall–Kier alpha value is -3.46. The Morgan fingerprint density at radius 1 is 1.16 bits per heavy atom. The average molecular weight is 438 g/mol. The Kier molecular flexibility index (Phi) is 6.13. The molecule has 4 aromatic rings. The predicted molar refractivity (Wildman–Crippen MR) is 119 cm³/mol. The molecule has 0 bridgehead atoms. The van der Waals surface area contributed by atoms with E-state index < -0.39 is 0 Å². The summed E-state index contributed by atoms with van der Waals surface area (Å²) < 4.78 is 5.07. The van der Waals surface area contributed by atoms with Gasteiger partial charge < -0.3 is 14.7 Å². The van der Waals surface area contributed by atoms with Gasteiger partial charge in [-0.3, -0.25) is 14.9 Å². The summed E-state index contributed by atoms with van der Waals surface area (Å²) in [5, 5.41) is 7.93. The number of carbonyl (C=O) groups is 2. The molecule has 3 aromatic heterocycles. The molecule has 9 heteroatoms. The van der Waals surface area contributed by atoms with Crippen molar-refractivity contribution in [3.05, 3.63) is 65.3 Å². The molecule has 0 fully saturated rings. The smallest absolute Gasteiger partial charge is 0.293 e. The quantitative estimate of drug-likeness (QED) is 0.380. The number of para-hydroxylation sites is 2. The van der Waals surface area contributed by atoms with E-state index in [1.165, 1.54) is 17.6 Å². The number of carbonyl (C=O) groups excluding carboxylic acids is 2. The van der Waals surface area contributed by atoms with Crippen LogP contribution in [-0.4, -0.2) is 26.8 Å². The summed E-state index contributed by atoms with van der Waals surface area (Å²) in [4.78, 5) is 37.1. The minimum absolute atomic E-state index is 0.113. The number of amides is 2. The molecule has 0 aliphatic rings. The first-order chi connectivity index (χ1) is 15.0. The molecule has 1 unspecified atom stereocenters. The minimum Gasteiger partial charge on any atom is -0.459 e. The van der Waals surface area contributed by atoms with Crippen LogP contribution >= 0.6 is 11.3 Å². The number of nitrogens with zero attached hydrogens (tertiary/aromatic N) is 2. The maximum atomic E-state index is 12.7. The van der Waals surface area contributed by atoms with E-state index in [0.29, 0.717) is 16.7 Å². The zero-order valence-corrected chi connectivity index (χ0v) is 18.0. The third-order valence-corrected chi connectivity index (χ3v) is 5.45. The van der Waals surface area contributed by atoms with Gasteiger partial charge in [0.05, 0.1) is 35.5 Å². The Morgan fingerprint density at radius 2 is 2.00 bits per heavy atom. The molecular formula is C22H23N5O3S. The van der Waals surface area contributed by atoms with Gasteiger partial charge in [-0.2, -0.15) is 0 Å². The van der Waals surface area contributed by atoms with Gasteiger partial charge in [0.2, 0.25) is 5.91 Å². The van der Waals surface area contributed by atoms with Crippen LogP contribution in [0.25, 0.3) is 11.0 Å². The number of thiazole rings is 1. The second kappa shape index (κ2) is 9.13. The second-order valence-corrected chi connectivity index (χ2v) is 8.50. The zero-order valence-electron chi connectivity index (χ0n) is 17.2. The molecule has 1 aromatic carbocycles. The van der Waals surface area contributed by atoms with Crippen molar-refractivity contribution in [1.29, 1.82) is 0 Å². The third kappa shape index (κ3) is 5.18. The Bertz CT molecular complexity index is 1150. The number of nitrogens with one attached hydrogen (secondary N) is 3. The van der Waals surface area contributed by atoms with Crippen molar-refractivity contribution in [2.24, 2.45) is 5.92 Å². The molecule has 3 N–H and O–H groups in total. The van der Waals surface area contributed by atoms with Crippen molar-refractivity contribution in [3.8, 4) is 0 Å². The van der Waals surface area contributed by atoms with Gasteiger partial charge in [0.15, 0.2) is 10.9 Å². The number of aromatic amines is 1. The van der Waals surface area contributed by atoms with Crippen molar-refractivity contribution >= 4 is 39.3 Å². The summed E-state index contributed by atoms with van der Waals surface area (Å²) in [6, 6.07) is 10.8. The van der Waals surface area contributed by atoms with Crippen LogP contribution in [0.15, 0.2) is 52.5 Å². The van der Waals surface area contributed by atoms with Crippen molar-refractivity contribution in [3.63, 3.8) is 0 Å². The highest BCUT2D eigenvalue weighted by atomic mass is 32.1. The molecule has 0 spiro atoms. The van der Waals surface area contributed by atoms with Crippen LogP contribution in [0, 0.1) is 5.92 Å². The van der Waals surface area contributed by atoms with Gasteiger partial charge >= 0.3 is 0 Å². The van der Waals surface area contributed by atoms with Crippen LogP contribution in [-0.2, 0) is 11.2 Å². The SMILES string of the molecule is CC(C)CC(NC(=O)Cc1csc(NC(=O)c2ccco2)n1)c1nc2ccccc2[nH]1. The van der Waals surface area contributed by atoms with Crippen LogP contribution in [0.2, 0.25) is 0 Å². The van der Waals surface area contributed by atoms with Crippen molar-refractivity contribution in [2.75, 3.05) is 5.32 Å². The lowest BCUT2D eigenvalue weighted by molar-refractivity contribution is -0.121.